The van der Waals surface area contributed by atoms with E-state index < -0.39 is 0 Å². The van der Waals surface area contributed by atoms with Gasteiger partial charge in [-0.25, -0.2) is 9.67 Å². The molecule has 5 heteroatoms. The van der Waals surface area contributed by atoms with Gasteiger partial charge in [-0.2, -0.15) is 5.10 Å². The van der Waals surface area contributed by atoms with E-state index in [2.05, 4.69) is 56.3 Å². The summed E-state index contributed by atoms with van der Waals surface area (Å²) in [5, 5.41) is 9.57. The van der Waals surface area contributed by atoms with Crippen molar-refractivity contribution in [2.45, 2.75) is 45.3 Å². The minimum atomic E-state index is 0.466. The van der Waals surface area contributed by atoms with Crippen LogP contribution < -0.4 is 5.32 Å². The third kappa shape index (κ3) is 2.41. The lowest BCUT2D eigenvalue weighted by Crippen LogP contribution is -2.37. The smallest absolute Gasteiger partial charge is 0.150 e. The fourth-order valence-electron chi connectivity index (χ4n) is 3.24. The van der Waals surface area contributed by atoms with Crippen molar-refractivity contribution in [2.24, 2.45) is 0 Å². The molecule has 1 aliphatic rings. The van der Waals surface area contributed by atoms with Crippen LogP contribution in [0.4, 0.5) is 0 Å². The minimum absolute atomic E-state index is 0.466. The normalized spacial score (nSPS) is 17.8. The Morgan fingerprint density at radius 2 is 2.32 bits per heavy atom. The number of rotatable bonds is 4. The number of fused-ring (bicyclic) bond motifs is 2. The summed E-state index contributed by atoms with van der Waals surface area (Å²) in [6, 6.07) is 9.04. The first-order chi connectivity index (χ1) is 10.8. The Bertz CT molecular complexity index is 785. The van der Waals surface area contributed by atoms with Crippen LogP contribution in [0.5, 0.6) is 0 Å². The molecule has 3 heterocycles. The van der Waals surface area contributed by atoms with Gasteiger partial charge in [-0.3, -0.25) is 0 Å². The van der Waals surface area contributed by atoms with Crippen LogP contribution in [0.1, 0.15) is 30.6 Å². The SMILES string of the molecule is CCc1nc2n(n1)CC(NCc1cccc3[nH]ccc13)CC2. The minimum Gasteiger partial charge on any atom is -0.361 e. The Hall–Kier alpha value is -2.14. The second-order valence-electron chi connectivity index (χ2n) is 5.95. The van der Waals surface area contributed by atoms with E-state index in [1.54, 1.807) is 0 Å². The van der Waals surface area contributed by atoms with Gasteiger partial charge in [-0.1, -0.05) is 19.1 Å². The largest absolute Gasteiger partial charge is 0.361 e. The first-order valence-electron chi connectivity index (χ1n) is 8.04. The molecule has 0 spiro atoms. The fraction of sp³-hybridized carbons (Fsp3) is 0.412. The number of aryl methyl sites for hydroxylation is 2. The first kappa shape index (κ1) is 13.5. The van der Waals surface area contributed by atoms with Gasteiger partial charge in [0, 0.05) is 42.5 Å². The number of H-pyrrole nitrogens is 1. The molecule has 4 rings (SSSR count). The molecule has 1 atom stereocenters. The van der Waals surface area contributed by atoms with Crippen LogP contribution in [0, 0.1) is 0 Å². The highest BCUT2D eigenvalue weighted by Crippen LogP contribution is 2.18. The molecule has 22 heavy (non-hydrogen) atoms. The van der Waals surface area contributed by atoms with Crippen molar-refractivity contribution in [3.8, 4) is 0 Å². The van der Waals surface area contributed by atoms with Crippen molar-refractivity contribution in [1.82, 2.24) is 25.1 Å². The predicted octanol–water partition coefficient (Wildman–Crippen LogP) is 2.43. The third-order valence-electron chi connectivity index (χ3n) is 4.48. The van der Waals surface area contributed by atoms with Crippen molar-refractivity contribution >= 4 is 10.9 Å². The molecule has 0 saturated carbocycles. The summed E-state index contributed by atoms with van der Waals surface area (Å²) in [5.74, 6) is 2.11. The average Bonchev–Trinajstić information content (AvgIpc) is 3.18. The predicted molar refractivity (Wildman–Crippen MR) is 86.6 cm³/mol. The second kappa shape index (κ2) is 5.57. The highest BCUT2D eigenvalue weighted by Gasteiger charge is 2.21. The van der Waals surface area contributed by atoms with Gasteiger partial charge in [0.2, 0.25) is 0 Å². The molecule has 0 amide bonds. The van der Waals surface area contributed by atoms with Crippen molar-refractivity contribution in [2.75, 3.05) is 0 Å². The highest BCUT2D eigenvalue weighted by atomic mass is 15.4. The van der Waals surface area contributed by atoms with Crippen LogP contribution in [0.3, 0.4) is 0 Å². The standard InChI is InChI=1S/C17H21N5/c1-2-16-20-17-7-6-13(11-22(17)21-16)19-10-12-4-3-5-15-14(12)8-9-18-15/h3-5,8-9,13,18-19H,2,6-7,10-11H2,1H3. The maximum atomic E-state index is 4.58. The summed E-state index contributed by atoms with van der Waals surface area (Å²) in [7, 11) is 0. The number of nitrogens with zero attached hydrogens (tertiary/aromatic N) is 3. The number of hydrogen-bond donors (Lipinski definition) is 2. The molecule has 0 bridgehead atoms. The lowest BCUT2D eigenvalue weighted by atomic mass is 10.1. The number of hydrogen-bond acceptors (Lipinski definition) is 3. The number of aromatic amines is 1. The third-order valence-corrected chi connectivity index (χ3v) is 4.48. The topological polar surface area (TPSA) is 58.5 Å². The summed E-state index contributed by atoms with van der Waals surface area (Å²) >= 11 is 0. The van der Waals surface area contributed by atoms with Crippen LogP contribution >= 0.6 is 0 Å². The van der Waals surface area contributed by atoms with E-state index in [1.807, 2.05) is 6.20 Å². The molecule has 0 saturated heterocycles. The van der Waals surface area contributed by atoms with Crippen LogP contribution in [0.25, 0.3) is 10.9 Å². The zero-order valence-corrected chi connectivity index (χ0v) is 12.8. The molecule has 2 N–H and O–H groups in total. The Morgan fingerprint density at radius 3 is 3.23 bits per heavy atom. The van der Waals surface area contributed by atoms with Crippen LogP contribution in [0.15, 0.2) is 30.5 Å². The van der Waals surface area contributed by atoms with Gasteiger partial charge < -0.3 is 10.3 Å². The number of nitrogens with one attached hydrogen (secondary N) is 2. The van der Waals surface area contributed by atoms with Crippen molar-refractivity contribution in [3.63, 3.8) is 0 Å². The van der Waals surface area contributed by atoms with Gasteiger partial charge in [-0.15, -0.1) is 0 Å². The van der Waals surface area contributed by atoms with Crippen LogP contribution in [0.2, 0.25) is 0 Å². The van der Waals surface area contributed by atoms with Crippen molar-refractivity contribution < 1.29 is 0 Å². The zero-order chi connectivity index (χ0) is 14.9. The van der Waals surface area contributed by atoms with Gasteiger partial charge in [0.1, 0.15) is 5.82 Å². The average molecular weight is 295 g/mol. The summed E-state index contributed by atoms with van der Waals surface area (Å²) in [5.41, 5.74) is 2.55. The molecule has 0 fully saturated rings. The molecule has 1 unspecified atom stereocenters. The van der Waals surface area contributed by atoms with Crippen LogP contribution in [-0.4, -0.2) is 25.8 Å². The molecule has 1 aliphatic heterocycles. The maximum absolute atomic E-state index is 4.58. The first-order valence-corrected chi connectivity index (χ1v) is 8.04. The van der Waals surface area contributed by atoms with E-state index in [-0.39, 0.29) is 0 Å². The van der Waals surface area contributed by atoms with E-state index in [1.165, 1.54) is 16.5 Å². The molecule has 2 aromatic heterocycles. The van der Waals surface area contributed by atoms with Gasteiger partial charge in [-0.05, 0) is 24.1 Å². The van der Waals surface area contributed by atoms with E-state index in [9.17, 15) is 0 Å². The molecular weight excluding hydrogens is 274 g/mol. The number of aromatic nitrogens is 4. The molecule has 0 aliphatic carbocycles. The lowest BCUT2D eigenvalue weighted by Gasteiger charge is -2.23. The molecule has 114 valence electrons. The highest BCUT2D eigenvalue weighted by molar-refractivity contribution is 5.82. The Kier molecular flexibility index (Phi) is 3.42. The molecular formula is C17H21N5. The lowest BCUT2D eigenvalue weighted by molar-refractivity contribution is 0.358. The molecule has 5 nitrogen and oxygen atoms in total. The van der Waals surface area contributed by atoms with Crippen molar-refractivity contribution in [1.29, 1.82) is 0 Å². The molecule has 1 aromatic carbocycles. The quantitative estimate of drug-likeness (QED) is 0.777. The zero-order valence-electron chi connectivity index (χ0n) is 12.8. The van der Waals surface area contributed by atoms with Crippen molar-refractivity contribution in [3.05, 3.63) is 47.7 Å². The number of benzene rings is 1. The monoisotopic (exact) mass is 295 g/mol. The summed E-state index contributed by atoms with van der Waals surface area (Å²) in [6.45, 7) is 3.92. The molecule has 0 radical (unpaired) electrons. The second-order valence-corrected chi connectivity index (χ2v) is 5.95. The maximum Gasteiger partial charge on any atom is 0.150 e. The Labute approximate surface area is 129 Å². The van der Waals surface area contributed by atoms with Gasteiger partial charge >= 0.3 is 0 Å². The Morgan fingerprint density at radius 1 is 1.36 bits per heavy atom. The van der Waals surface area contributed by atoms with Gasteiger partial charge in [0.05, 0.1) is 6.54 Å². The fourth-order valence-corrected chi connectivity index (χ4v) is 3.24. The van der Waals surface area contributed by atoms with Gasteiger partial charge in [0.25, 0.3) is 0 Å². The van der Waals surface area contributed by atoms with E-state index in [4.69, 9.17) is 0 Å². The Balaban J connectivity index is 1.45. The van der Waals surface area contributed by atoms with Crippen LogP contribution in [-0.2, 0) is 25.9 Å². The van der Waals surface area contributed by atoms with E-state index in [0.29, 0.717) is 6.04 Å². The van der Waals surface area contributed by atoms with E-state index in [0.717, 1.165) is 44.0 Å². The van der Waals surface area contributed by atoms with E-state index >= 15 is 0 Å². The summed E-state index contributed by atoms with van der Waals surface area (Å²) < 4.78 is 2.08. The summed E-state index contributed by atoms with van der Waals surface area (Å²) in [4.78, 5) is 7.85. The van der Waals surface area contributed by atoms with Gasteiger partial charge in [0.15, 0.2) is 5.82 Å². The summed E-state index contributed by atoms with van der Waals surface area (Å²) in [6.07, 6.45) is 5.06. The molecule has 3 aromatic rings.